The van der Waals surface area contributed by atoms with Gasteiger partial charge in [0, 0.05) is 13.5 Å². The normalized spacial score (nSPS) is 12.1. The van der Waals surface area contributed by atoms with E-state index in [0.29, 0.717) is 6.42 Å². The summed E-state index contributed by atoms with van der Waals surface area (Å²) in [5, 5.41) is 9.23. The van der Waals surface area contributed by atoms with E-state index in [1.165, 1.54) is 11.1 Å². The van der Waals surface area contributed by atoms with Gasteiger partial charge in [-0.25, -0.2) is 4.98 Å². The number of aromatic nitrogens is 2. The van der Waals surface area contributed by atoms with Crippen LogP contribution in [0.1, 0.15) is 30.8 Å². The molecule has 0 radical (unpaired) electrons. The molecular formula is C15H20N2O2. The van der Waals surface area contributed by atoms with Crippen LogP contribution in [0.5, 0.6) is 0 Å². The number of hydrogen-bond acceptors (Lipinski definition) is 2. The van der Waals surface area contributed by atoms with E-state index in [4.69, 9.17) is 0 Å². The monoisotopic (exact) mass is 260 g/mol. The summed E-state index contributed by atoms with van der Waals surface area (Å²) in [6.45, 7) is 7.56. The zero-order valence-electron chi connectivity index (χ0n) is 12.1. The third-order valence-corrected chi connectivity index (χ3v) is 3.58. The van der Waals surface area contributed by atoms with Gasteiger partial charge in [-0.3, -0.25) is 4.79 Å². The summed E-state index contributed by atoms with van der Waals surface area (Å²) in [5.74, 6) is 0.0172. The first kappa shape index (κ1) is 13.6. The van der Waals surface area contributed by atoms with Crippen molar-refractivity contribution in [2.45, 2.75) is 34.1 Å². The molecular weight excluding hydrogens is 240 g/mol. The van der Waals surface area contributed by atoms with Gasteiger partial charge in [-0.2, -0.15) is 0 Å². The number of aryl methyl sites for hydroxylation is 3. The molecule has 19 heavy (non-hydrogen) atoms. The number of nitrogens with zero attached hydrogens (tertiary/aromatic N) is 2. The molecule has 1 heterocycles. The van der Waals surface area contributed by atoms with Gasteiger partial charge < -0.3 is 9.67 Å². The van der Waals surface area contributed by atoms with E-state index in [1.54, 1.807) is 13.8 Å². The van der Waals surface area contributed by atoms with Crippen molar-refractivity contribution in [1.29, 1.82) is 0 Å². The lowest BCUT2D eigenvalue weighted by molar-refractivity contribution is -0.146. The number of benzene rings is 1. The summed E-state index contributed by atoms with van der Waals surface area (Å²) in [4.78, 5) is 15.8. The van der Waals surface area contributed by atoms with Crippen LogP contribution >= 0.6 is 0 Å². The number of aliphatic carboxylic acids is 1. The molecule has 1 aromatic carbocycles. The SMILES string of the molecule is Cc1cc(C)c2c(c1)nc(CC(C)(C)C(=O)O)n2C. The van der Waals surface area contributed by atoms with Crippen molar-refractivity contribution in [2.75, 3.05) is 0 Å². The minimum atomic E-state index is -0.807. The second kappa shape index (κ2) is 4.37. The molecule has 0 bridgehead atoms. The van der Waals surface area contributed by atoms with Crippen molar-refractivity contribution < 1.29 is 9.90 Å². The van der Waals surface area contributed by atoms with E-state index < -0.39 is 11.4 Å². The average Bonchev–Trinajstić information content (AvgIpc) is 2.54. The molecule has 0 unspecified atom stereocenters. The molecule has 1 N–H and O–H groups in total. The van der Waals surface area contributed by atoms with Crippen molar-refractivity contribution in [1.82, 2.24) is 9.55 Å². The number of hydrogen-bond donors (Lipinski definition) is 1. The topological polar surface area (TPSA) is 55.1 Å². The van der Waals surface area contributed by atoms with E-state index in [-0.39, 0.29) is 0 Å². The Balaban J connectivity index is 2.55. The molecule has 4 heteroatoms. The Kier molecular flexibility index (Phi) is 3.12. The van der Waals surface area contributed by atoms with Gasteiger partial charge in [0.25, 0.3) is 0 Å². The molecule has 1 aromatic heterocycles. The fourth-order valence-corrected chi connectivity index (χ4v) is 2.43. The van der Waals surface area contributed by atoms with Crippen LogP contribution in [0.2, 0.25) is 0 Å². The summed E-state index contributed by atoms with van der Waals surface area (Å²) in [7, 11) is 1.95. The first-order chi connectivity index (χ1) is 8.72. The molecule has 0 saturated carbocycles. The third kappa shape index (κ3) is 2.35. The number of imidazole rings is 1. The van der Waals surface area contributed by atoms with Crippen molar-refractivity contribution in [3.05, 3.63) is 29.1 Å². The van der Waals surface area contributed by atoms with Gasteiger partial charge in [0.15, 0.2) is 0 Å². The maximum atomic E-state index is 11.2. The Morgan fingerprint density at radius 3 is 2.58 bits per heavy atom. The van der Waals surface area contributed by atoms with E-state index in [1.807, 2.05) is 24.6 Å². The van der Waals surface area contributed by atoms with Gasteiger partial charge in [-0.15, -0.1) is 0 Å². The van der Waals surface area contributed by atoms with Crippen LogP contribution in [-0.2, 0) is 18.3 Å². The largest absolute Gasteiger partial charge is 0.481 e. The maximum Gasteiger partial charge on any atom is 0.309 e. The van der Waals surface area contributed by atoms with E-state index >= 15 is 0 Å². The minimum absolute atomic E-state index is 0.423. The van der Waals surface area contributed by atoms with E-state index in [2.05, 4.69) is 18.0 Å². The molecule has 0 aliphatic heterocycles. The molecule has 2 rings (SSSR count). The van der Waals surface area contributed by atoms with Gasteiger partial charge in [-0.05, 0) is 44.9 Å². The molecule has 0 aliphatic carbocycles. The predicted octanol–water partition coefficient (Wildman–Crippen LogP) is 2.84. The fourth-order valence-electron chi connectivity index (χ4n) is 2.43. The predicted molar refractivity (Wildman–Crippen MR) is 75.3 cm³/mol. The third-order valence-electron chi connectivity index (χ3n) is 3.58. The van der Waals surface area contributed by atoms with Crippen molar-refractivity contribution in [2.24, 2.45) is 12.5 Å². The van der Waals surface area contributed by atoms with Crippen LogP contribution in [0, 0.1) is 19.3 Å². The molecule has 0 amide bonds. The number of rotatable bonds is 3. The minimum Gasteiger partial charge on any atom is -0.481 e. The maximum absolute atomic E-state index is 11.2. The molecule has 0 aliphatic rings. The van der Waals surface area contributed by atoms with Crippen LogP contribution in [0.3, 0.4) is 0 Å². The zero-order chi connectivity index (χ0) is 14.4. The quantitative estimate of drug-likeness (QED) is 0.923. The lowest BCUT2D eigenvalue weighted by Crippen LogP contribution is -2.27. The molecule has 2 aromatic rings. The molecule has 0 spiro atoms. The summed E-state index contributed by atoms with van der Waals surface area (Å²) < 4.78 is 2.01. The second-order valence-electron chi connectivity index (χ2n) is 5.90. The Bertz CT molecular complexity index is 654. The molecule has 0 saturated heterocycles. The van der Waals surface area contributed by atoms with Crippen LogP contribution in [0.15, 0.2) is 12.1 Å². The van der Waals surface area contributed by atoms with Crippen LogP contribution in [0.4, 0.5) is 0 Å². The highest BCUT2D eigenvalue weighted by molar-refractivity contribution is 5.81. The van der Waals surface area contributed by atoms with Gasteiger partial charge in [-0.1, -0.05) is 6.07 Å². The Labute approximate surface area is 113 Å². The number of carboxylic acids is 1. The summed E-state index contributed by atoms with van der Waals surface area (Å²) in [6, 6.07) is 4.16. The lowest BCUT2D eigenvalue weighted by atomic mass is 9.89. The van der Waals surface area contributed by atoms with E-state index in [9.17, 15) is 9.90 Å². The van der Waals surface area contributed by atoms with Gasteiger partial charge in [0.2, 0.25) is 0 Å². The van der Waals surface area contributed by atoms with Crippen molar-refractivity contribution in [3.8, 4) is 0 Å². The molecule has 102 valence electrons. The number of fused-ring (bicyclic) bond motifs is 1. The summed E-state index contributed by atoms with van der Waals surface area (Å²) >= 11 is 0. The fraction of sp³-hybridized carbons (Fsp3) is 0.467. The Morgan fingerprint density at radius 1 is 1.37 bits per heavy atom. The standard InChI is InChI=1S/C15H20N2O2/c1-9-6-10(2)13-11(7-9)16-12(17(13)5)8-15(3,4)14(18)19/h6-7H,8H2,1-5H3,(H,18,19). The van der Waals surface area contributed by atoms with Gasteiger partial charge in [0.05, 0.1) is 16.4 Å². The molecule has 0 atom stereocenters. The highest BCUT2D eigenvalue weighted by atomic mass is 16.4. The van der Waals surface area contributed by atoms with E-state index in [0.717, 1.165) is 16.9 Å². The highest BCUT2D eigenvalue weighted by Crippen LogP contribution is 2.26. The van der Waals surface area contributed by atoms with Crippen LogP contribution < -0.4 is 0 Å². The summed E-state index contributed by atoms with van der Waals surface area (Å²) in [6.07, 6.45) is 0.423. The zero-order valence-corrected chi connectivity index (χ0v) is 12.1. The Hall–Kier alpha value is -1.84. The molecule has 4 nitrogen and oxygen atoms in total. The van der Waals surface area contributed by atoms with Crippen molar-refractivity contribution in [3.63, 3.8) is 0 Å². The second-order valence-corrected chi connectivity index (χ2v) is 5.90. The number of carboxylic acid groups (broad SMARTS) is 1. The lowest BCUT2D eigenvalue weighted by Gasteiger charge is -2.18. The first-order valence-corrected chi connectivity index (χ1v) is 6.38. The average molecular weight is 260 g/mol. The first-order valence-electron chi connectivity index (χ1n) is 6.38. The summed E-state index contributed by atoms with van der Waals surface area (Å²) in [5.41, 5.74) is 3.56. The van der Waals surface area contributed by atoms with Gasteiger partial charge in [0.1, 0.15) is 5.82 Å². The van der Waals surface area contributed by atoms with Crippen LogP contribution in [-0.4, -0.2) is 20.6 Å². The Morgan fingerprint density at radius 2 is 2.00 bits per heavy atom. The number of carbonyl (C=O) groups is 1. The van der Waals surface area contributed by atoms with Gasteiger partial charge >= 0.3 is 5.97 Å². The van der Waals surface area contributed by atoms with Crippen molar-refractivity contribution >= 4 is 17.0 Å². The smallest absolute Gasteiger partial charge is 0.309 e. The van der Waals surface area contributed by atoms with Crippen LogP contribution in [0.25, 0.3) is 11.0 Å². The molecule has 0 fully saturated rings. The highest BCUT2D eigenvalue weighted by Gasteiger charge is 2.29.